The summed E-state index contributed by atoms with van der Waals surface area (Å²) in [5.41, 5.74) is 2.13. The highest BCUT2D eigenvalue weighted by Gasteiger charge is 2.28. The second-order valence-electron chi connectivity index (χ2n) is 7.17. The maximum Gasteiger partial charge on any atom is 0.309 e. The van der Waals surface area contributed by atoms with Crippen molar-refractivity contribution in [1.29, 1.82) is 0 Å². The van der Waals surface area contributed by atoms with Gasteiger partial charge in [0.2, 0.25) is 0 Å². The number of aromatic nitrogens is 3. The Hall–Kier alpha value is -3.22. The summed E-state index contributed by atoms with van der Waals surface area (Å²) in [5.74, 6) is 0.160. The topological polar surface area (TPSA) is 77.3 Å². The van der Waals surface area contributed by atoms with Crippen molar-refractivity contribution in [3.63, 3.8) is 0 Å². The van der Waals surface area contributed by atoms with Crippen LogP contribution in [0.4, 0.5) is 5.82 Å². The molecule has 0 aliphatic carbocycles. The molecule has 1 aliphatic heterocycles. The Labute approximate surface area is 169 Å². The molecule has 0 radical (unpaired) electrons. The van der Waals surface area contributed by atoms with Gasteiger partial charge in [0.25, 0.3) is 5.56 Å². The smallest absolute Gasteiger partial charge is 0.309 e. The number of benzene rings is 1. The Morgan fingerprint density at radius 3 is 2.62 bits per heavy atom. The van der Waals surface area contributed by atoms with Crippen LogP contribution in [0.25, 0.3) is 11.2 Å². The molecule has 0 atom stereocenters. The highest BCUT2D eigenvalue weighted by atomic mass is 16.5. The second kappa shape index (κ2) is 8.43. The fourth-order valence-corrected chi connectivity index (χ4v) is 3.77. The van der Waals surface area contributed by atoms with Crippen LogP contribution >= 0.6 is 0 Å². The maximum atomic E-state index is 13.3. The molecular formula is C22H24N4O3. The number of esters is 1. The normalized spacial score (nSPS) is 14.9. The molecule has 0 saturated carbocycles. The van der Waals surface area contributed by atoms with Gasteiger partial charge in [0.1, 0.15) is 5.52 Å². The Balaban J connectivity index is 1.66. The van der Waals surface area contributed by atoms with Crippen molar-refractivity contribution >= 4 is 23.0 Å². The third kappa shape index (κ3) is 3.99. The highest BCUT2D eigenvalue weighted by molar-refractivity contribution is 5.74. The van der Waals surface area contributed by atoms with E-state index in [4.69, 9.17) is 4.74 Å². The average Bonchev–Trinajstić information content (AvgIpc) is 2.76. The molecule has 1 aromatic carbocycles. The Bertz CT molecular complexity index is 1060. The van der Waals surface area contributed by atoms with Crippen molar-refractivity contribution in [2.24, 2.45) is 5.92 Å². The van der Waals surface area contributed by atoms with Crippen molar-refractivity contribution < 1.29 is 9.53 Å². The number of anilines is 1. The summed E-state index contributed by atoms with van der Waals surface area (Å²) in [6.07, 6.45) is 2.99. The van der Waals surface area contributed by atoms with Crippen molar-refractivity contribution in [3.8, 4) is 0 Å². The molecule has 0 bridgehead atoms. The van der Waals surface area contributed by atoms with E-state index >= 15 is 0 Å². The van der Waals surface area contributed by atoms with Crippen LogP contribution < -0.4 is 10.5 Å². The lowest BCUT2D eigenvalue weighted by Crippen LogP contribution is -2.41. The summed E-state index contributed by atoms with van der Waals surface area (Å²) < 4.78 is 6.83. The van der Waals surface area contributed by atoms with Crippen molar-refractivity contribution in [2.75, 3.05) is 24.6 Å². The molecule has 150 valence electrons. The highest BCUT2D eigenvalue weighted by Crippen LogP contribution is 2.22. The number of piperidine rings is 1. The van der Waals surface area contributed by atoms with Gasteiger partial charge in [-0.1, -0.05) is 30.3 Å². The van der Waals surface area contributed by atoms with Crippen molar-refractivity contribution in [1.82, 2.24) is 14.5 Å². The molecule has 4 rings (SSSR count). The molecule has 0 spiro atoms. The van der Waals surface area contributed by atoms with E-state index < -0.39 is 0 Å². The molecule has 7 heteroatoms. The van der Waals surface area contributed by atoms with Crippen LogP contribution in [0.15, 0.2) is 53.5 Å². The first-order valence-electron chi connectivity index (χ1n) is 9.98. The molecule has 1 fully saturated rings. The van der Waals surface area contributed by atoms with E-state index in [2.05, 4.69) is 9.97 Å². The van der Waals surface area contributed by atoms with E-state index in [-0.39, 0.29) is 17.4 Å². The van der Waals surface area contributed by atoms with E-state index in [1.54, 1.807) is 10.8 Å². The third-order valence-corrected chi connectivity index (χ3v) is 5.28. The first-order valence-corrected chi connectivity index (χ1v) is 9.98. The van der Waals surface area contributed by atoms with Gasteiger partial charge >= 0.3 is 5.97 Å². The Morgan fingerprint density at radius 2 is 1.90 bits per heavy atom. The summed E-state index contributed by atoms with van der Waals surface area (Å²) in [7, 11) is 0. The van der Waals surface area contributed by atoms with Gasteiger partial charge in [-0.05, 0) is 37.5 Å². The van der Waals surface area contributed by atoms with Crippen LogP contribution in [0.5, 0.6) is 0 Å². The van der Waals surface area contributed by atoms with Crippen molar-refractivity contribution in [2.45, 2.75) is 26.3 Å². The zero-order valence-electron chi connectivity index (χ0n) is 16.5. The quantitative estimate of drug-likeness (QED) is 0.621. The molecule has 3 aromatic rings. The van der Waals surface area contributed by atoms with E-state index in [1.807, 2.05) is 54.3 Å². The number of nitrogens with zero attached hydrogens (tertiary/aromatic N) is 4. The number of rotatable bonds is 5. The van der Waals surface area contributed by atoms with Gasteiger partial charge in [0.05, 0.1) is 19.1 Å². The summed E-state index contributed by atoms with van der Waals surface area (Å²) >= 11 is 0. The number of hydrogen-bond donors (Lipinski definition) is 0. The molecule has 1 aliphatic rings. The molecule has 0 N–H and O–H groups in total. The van der Waals surface area contributed by atoms with Gasteiger partial charge in [-0.15, -0.1) is 0 Å². The molecular weight excluding hydrogens is 368 g/mol. The van der Waals surface area contributed by atoms with Crippen molar-refractivity contribution in [3.05, 3.63) is 64.6 Å². The predicted molar refractivity (Wildman–Crippen MR) is 111 cm³/mol. The molecule has 7 nitrogen and oxygen atoms in total. The number of ether oxygens (including phenoxy) is 1. The summed E-state index contributed by atoms with van der Waals surface area (Å²) in [6.45, 7) is 3.84. The minimum absolute atomic E-state index is 0.111. The van der Waals surface area contributed by atoms with Crippen LogP contribution in [0.1, 0.15) is 25.3 Å². The number of carbonyl (C=O) groups is 1. The monoisotopic (exact) mass is 392 g/mol. The maximum absolute atomic E-state index is 13.3. The van der Waals surface area contributed by atoms with Crippen LogP contribution in [0.3, 0.4) is 0 Å². The predicted octanol–water partition coefficient (Wildman–Crippen LogP) is 2.62. The fraction of sp³-hybridized carbons (Fsp3) is 0.364. The van der Waals surface area contributed by atoms with Gasteiger partial charge in [0.15, 0.2) is 11.5 Å². The number of hydrogen-bond acceptors (Lipinski definition) is 6. The van der Waals surface area contributed by atoms with Gasteiger partial charge in [-0.25, -0.2) is 9.97 Å². The standard InChI is InChI=1S/C22H24N4O3/c1-2-29-22(28)17-10-13-25(14-11-17)20-21(27)26(15-16-7-4-3-5-8-16)19-18(24-20)9-6-12-23-19/h3-9,12,17H,2,10-11,13-15H2,1H3. The number of fused-ring (bicyclic) bond motifs is 1. The Morgan fingerprint density at radius 1 is 1.14 bits per heavy atom. The van der Waals surface area contributed by atoms with Crippen LogP contribution in [-0.2, 0) is 16.1 Å². The van der Waals surface area contributed by atoms with Gasteiger partial charge in [0, 0.05) is 19.3 Å². The zero-order valence-corrected chi connectivity index (χ0v) is 16.5. The second-order valence-corrected chi connectivity index (χ2v) is 7.17. The zero-order chi connectivity index (χ0) is 20.2. The SMILES string of the molecule is CCOC(=O)C1CCN(c2nc3cccnc3n(Cc3ccccc3)c2=O)CC1. The van der Waals surface area contributed by atoms with Gasteiger partial charge < -0.3 is 9.64 Å². The lowest BCUT2D eigenvalue weighted by atomic mass is 9.97. The first-order chi connectivity index (χ1) is 14.2. The number of pyridine rings is 1. The average molecular weight is 392 g/mol. The fourth-order valence-electron chi connectivity index (χ4n) is 3.77. The molecule has 2 aromatic heterocycles. The first kappa shape index (κ1) is 19.1. The van der Waals surface area contributed by atoms with E-state index in [0.717, 1.165) is 5.56 Å². The van der Waals surface area contributed by atoms with Crippen LogP contribution in [0, 0.1) is 5.92 Å². The number of carbonyl (C=O) groups excluding carboxylic acids is 1. The van der Waals surface area contributed by atoms with E-state index in [9.17, 15) is 9.59 Å². The molecule has 29 heavy (non-hydrogen) atoms. The van der Waals surface area contributed by atoms with Crippen LogP contribution in [0.2, 0.25) is 0 Å². The summed E-state index contributed by atoms with van der Waals surface area (Å²) in [4.78, 5) is 36.3. The molecule has 0 amide bonds. The minimum Gasteiger partial charge on any atom is -0.466 e. The molecule has 1 saturated heterocycles. The molecule has 0 unspecified atom stereocenters. The lowest BCUT2D eigenvalue weighted by Gasteiger charge is -2.31. The van der Waals surface area contributed by atoms with Crippen LogP contribution in [-0.4, -0.2) is 40.2 Å². The van der Waals surface area contributed by atoms with E-state index in [0.29, 0.717) is 56.1 Å². The lowest BCUT2D eigenvalue weighted by molar-refractivity contribution is -0.148. The largest absolute Gasteiger partial charge is 0.466 e. The third-order valence-electron chi connectivity index (χ3n) is 5.28. The summed E-state index contributed by atoms with van der Waals surface area (Å²) in [5, 5.41) is 0. The molecule has 3 heterocycles. The van der Waals surface area contributed by atoms with E-state index in [1.165, 1.54) is 0 Å². The summed E-state index contributed by atoms with van der Waals surface area (Å²) in [6, 6.07) is 13.5. The van der Waals surface area contributed by atoms with Gasteiger partial charge in [-0.2, -0.15) is 0 Å². The minimum atomic E-state index is -0.158. The Kier molecular flexibility index (Phi) is 5.55. The van der Waals surface area contributed by atoms with Gasteiger partial charge in [-0.3, -0.25) is 14.2 Å².